The van der Waals surface area contributed by atoms with Crippen molar-refractivity contribution in [1.82, 2.24) is 19.5 Å². The van der Waals surface area contributed by atoms with Crippen LogP contribution in [0.15, 0.2) is 0 Å². The summed E-state index contributed by atoms with van der Waals surface area (Å²) in [5, 5.41) is 1.33. The van der Waals surface area contributed by atoms with Crippen LogP contribution in [0.1, 0.15) is 35.7 Å². The first-order valence-electron chi connectivity index (χ1n) is 7.66. The van der Waals surface area contributed by atoms with Gasteiger partial charge in [0.05, 0.1) is 18.8 Å². The monoisotopic (exact) mass is 414 g/mol. The van der Waals surface area contributed by atoms with Gasteiger partial charge in [0.25, 0.3) is 6.43 Å². The minimum Gasteiger partial charge on any atom is -0.377 e. The fraction of sp³-hybridized carbons (Fsp3) is 0.643. The minimum absolute atomic E-state index is 0.0200. The molecule has 0 saturated carbocycles. The van der Waals surface area contributed by atoms with Crippen LogP contribution >= 0.6 is 22.9 Å². The highest BCUT2D eigenvalue weighted by molar-refractivity contribution is 7.16. The Balaban J connectivity index is 1.85. The molecule has 0 aliphatic carbocycles. The third-order valence-corrected chi connectivity index (χ3v) is 5.04. The molecule has 1 atom stereocenters. The van der Waals surface area contributed by atoms with Gasteiger partial charge in [-0.2, -0.15) is 13.9 Å². The van der Waals surface area contributed by atoms with Crippen molar-refractivity contribution in [2.75, 3.05) is 13.7 Å². The van der Waals surface area contributed by atoms with Gasteiger partial charge in [-0.3, -0.25) is 4.79 Å². The van der Waals surface area contributed by atoms with Crippen LogP contribution in [0.3, 0.4) is 0 Å². The number of methoxy groups -OCH3 is 1. The van der Waals surface area contributed by atoms with Crippen LogP contribution in [-0.4, -0.2) is 44.4 Å². The fourth-order valence-electron chi connectivity index (χ4n) is 3.00. The number of nitrogens with zero attached hydrogens (tertiary/aromatic N) is 4. The molecular weight excluding hydrogens is 400 g/mol. The number of rotatable bonds is 7. The van der Waals surface area contributed by atoms with E-state index < -0.39 is 35.7 Å². The van der Waals surface area contributed by atoms with Gasteiger partial charge in [0.2, 0.25) is 10.9 Å². The number of fused-ring (bicyclic) bond motifs is 1. The Morgan fingerprint density at radius 3 is 2.81 bits per heavy atom. The topological polar surface area (TPSA) is 59.7 Å². The summed E-state index contributed by atoms with van der Waals surface area (Å²) < 4.78 is 58.8. The average Bonchev–Trinajstić information content (AvgIpc) is 3.13. The fourth-order valence-corrected chi connectivity index (χ4v) is 4.11. The van der Waals surface area contributed by atoms with Crippen molar-refractivity contribution in [2.24, 2.45) is 5.92 Å². The maximum absolute atomic E-state index is 13.3. The number of alkyl halides is 5. The van der Waals surface area contributed by atoms with Gasteiger partial charge < -0.3 is 9.64 Å². The molecule has 0 spiro atoms. The number of imidazole rings is 1. The van der Waals surface area contributed by atoms with Crippen LogP contribution in [0.4, 0.5) is 17.6 Å². The second-order valence-electron chi connectivity index (χ2n) is 6.03. The second kappa shape index (κ2) is 7.28. The molecule has 26 heavy (non-hydrogen) atoms. The van der Waals surface area contributed by atoms with E-state index in [9.17, 15) is 22.4 Å². The number of carbonyl (C=O) groups excluding carboxylic acids is 1. The number of hydrogen-bond acceptors (Lipinski definition) is 5. The van der Waals surface area contributed by atoms with Gasteiger partial charge in [-0.05, 0) is 17.5 Å². The summed E-state index contributed by atoms with van der Waals surface area (Å²) in [6.07, 6.45) is -3.58. The number of halogens is 5. The van der Waals surface area contributed by atoms with Crippen LogP contribution in [0.5, 0.6) is 0 Å². The highest BCUT2D eigenvalue weighted by Gasteiger charge is 2.38. The quantitative estimate of drug-likeness (QED) is 0.514. The minimum atomic E-state index is -3.40. The molecule has 1 unspecified atom stereocenters. The summed E-state index contributed by atoms with van der Waals surface area (Å²) in [4.78, 5) is 17.5. The number of carbonyl (C=O) groups is 1. The van der Waals surface area contributed by atoms with Gasteiger partial charge in [0.1, 0.15) is 10.7 Å². The zero-order valence-corrected chi connectivity index (χ0v) is 15.2. The molecule has 0 N–H and O–H groups in total. The van der Waals surface area contributed by atoms with E-state index in [1.807, 2.05) is 0 Å². The zero-order valence-electron chi connectivity index (χ0n) is 13.6. The molecule has 144 valence electrons. The summed E-state index contributed by atoms with van der Waals surface area (Å²) >= 11 is 6.04. The Morgan fingerprint density at radius 2 is 2.19 bits per heavy atom. The van der Waals surface area contributed by atoms with Crippen LogP contribution < -0.4 is 0 Å². The SMILES string of the molecule is COCc1nn2c(CN3CC(CC(F)(F)Cl)CC3=O)c(C(F)F)nc2s1. The second-order valence-corrected chi connectivity index (χ2v) is 7.62. The highest BCUT2D eigenvalue weighted by Crippen LogP contribution is 2.34. The van der Waals surface area contributed by atoms with Gasteiger partial charge in [-0.25, -0.2) is 18.3 Å². The van der Waals surface area contributed by atoms with Crippen molar-refractivity contribution in [2.45, 2.75) is 37.8 Å². The normalized spacial score (nSPS) is 18.7. The lowest BCUT2D eigenvalue weighted by molar-refractivity contribution is -0.128. The lowest BCUT2D eigenvalue weighted by Gasteiger charge is -2.17. The van der Waals surface area contributed by atoms with Crippen LogP contribution in [-0.2, 0) is 22.7 Å². The first-order chi connectivity index (χ1) is 12.2. The number of ether oxygens (including phenoxy) is 1. The summed E-state index contributed by atoms with van der Waals surface area (Å²) in [5.41, 5.74) is -0.396. The van der Waals surface area contributed by atoms with Crippen molar-refractivity contribution in [3.8, 4) is 0 Å². The molecule has 0 radical (unpaired) electrons. The zero-order chi connectivity index (χ0) is 19.1. The Hall–Kier alpha value is -1.46. The Bertz CT molecular complexity index is 807. The Labute approximate surface area is 154 Å². The van der Waals surface area contributed by atoms with E-state index in [1.54, 1.807) is 0 Å². The molecular formula is C14H15ClF4N4O2S. The maximum Gasteiger partial charge on any atom is 0.322 e. The molecule has 1 aliphatic rings. The molecule has 1 aliphatic heterocycles. The predicted octanol–water partition coefficient (Wildman–Crippen LogP) is 3.45. The Morgan fingerprint density at radius 1 is 1.46 bits per heavy atom. The average molecular weight is 415 g/mol. The smallest absolute Gasteiger partial charge is 0.322 e. The molecule has 2 aromatic rings. The lowest BCUT2D eigenvalue weighted by atomic mass is 10.1. The third kappa shape index (κ3) is 4.09. The van der Waals surface area contributed by atoms with E-state index in [1.165, 1.54) is 16.5 Å². The van der Waals surface area contributed by atoms with Crippen molar-refractivity contribution in [1.29, 1.82) is 0 Å². The summed E-state index contributed by atoms with van der Waals surface area (Å²) in [5.74, 6) is -1.02. The van der Waals surface area contributed by atoms with Crippen molar-refractivity contribution < 1.29 is 27.1 Å². The standard InChI is InChI=1S/C14H15ClF4N4O2S/c1-25-6-9-21-23-8(11(12(16)17)20-13(23)26-9)5-22-4-7(2-10(22)24)3-14(15,18)19/h7,12H,2-6H2,1H3. The first-order valence-corrected chi connectivity index (χ1v) is 8.86. The molecule has 1 saturated heterocycles. The first kappa shape index (κ1) is 19.3. The molecule has 3 heterocycles. The number of amides is 1. The van der Waals surface area contributed by atoms with Crippen molar-refractivity contribution >= 4 is 33.8 Å². The van der Waals surface area contributed by atoms with Gasteiger partial charge in [0, 0.05) is 26.5 Å². The molecule has 1 fully saturated rings. The van der Waals surface area contributed by atoms with Gasteiger partial charge in [0.15, 0.2) is 0 Å². The van der Waals surface area contributed by atoms with Gasteiger partial charge in [-0.15, -0.1) is 0 Å². The van der Waals surface area contributed by atoms with E-state index in [0.29, 0.717) is 5.01 Å². The van der Waals surface area contributed by atoms with Gasteiger partial charge >= 0.3 is 5.38 Å². The van der Waals surface area contributed by atoms with E-state index in [2.05, 4.69) is 10.1 Å². The van der Waals surface area contributed by atoms with Crippen molar-refractivity contribution in [3.05, 3.63) is 16.4 Å². The molecule has 6 nitrogen and oxygen atoms in total. The van der Waals surface area contributed by atoms with E-state index >= 15 is 0 Å². The largest absolute Gasteiger partial charge is 0.377 e. The lowest BCUT2D eigenvalue weighted by Crippen LogP contribution is -2.26. The molecule has 2 aromatic heterocycles. The van der Waals surface area contributed by atoms with Gasteiger partial charge in [-0.1, -0.05) is 11.3 Å². The maximum atomic E-state index is 13.3. The highest BCUT2D eigenvalue weighted by atomic mass is 35.5. The van der Waals surface area contributed by atoms with Crippen LogP contribution in [0, 0.1) is 5.92 Å². The summed E-state index contributed by atoms with van der Waals surface area (Å²) in [6, 6.07) is 0. The molecule has 12 heteroatoms. The molecule has 0 aromatic carbocycles. The third-order valence-electron chi connectivity index (χ3n) is 4.00. The Kier molecular flexibility index (Phi) is 5.40. The van der Waals surface area contributed by atoms with Crippen molar-refractivity contribution in [3.63, 3.8) is 0 Å². The van der Waals surface area contributed by atoms with Crippen LogP contribution in [0.2, 0.25) is 0 Å². The summed E-state index contributed by atoms with van der Waals surface area (Å²) in [7, 11) is 1.48. The molecule has 1 amide bonds. The number of aromatic nitrogens is 3. The predicted molar refractivity (Wildman–Crippen MR) is 85.5 cm³/mol. The van der Waals surface area contributed by atoms with Crippen LogP contribution in [0.25, 0.3) is 4.96 Å². The molecule has 3 rings (SSSR count). The van der Waals surface area contributed by atoms with E-state index in [0.717, 1.165) is 11.3 Å². The van der Waals surface area contributed by atoms with E-state index in [4.69, 9.17) is 16.3 Å². The van der Waals surface area contributed by atoms with E-state index in [-0.39, 0.29) is 36.8 Å². The number of hydrogen-bond donors (Lipinski definition) is 0. The number of likely N-dealkylation sites (tertiary alicyclic amines) is 1. The molecule has 0 bridgehead atoms. The summed E-state index contributed by atoms with van der Waals surface area (Å²) in [6.45, 7) is 0.0410.